The van der Waals surface area contributed by atoms with Crippen LogP contribution in [-0.4, -0.2) is 29.6 Å². The van der Waals surface area contributed by atoms with Crippen molar-refractivity contribution in [1.82, 2.24) is 10.2 Å². The zero-order chi connectivity index (χ0) is 15.9. The standard InChI is InChI=1S/C18H28N2O/c1-6-12-20(17(21)19-18(3,4)5)14-15(2)13-16-10-8-7-9-11-16/h7-11,13H,6,12,14H2,1-5H3,(H,19,21)/b15-13+. The first-order valence-electron chi connectivity index (χ1n) is 7.61. The number of hydrogen-bond donors (Lipinski definition) is 1. The Morgan fingerprint density at radius 2 is 1.86 bits per heavy atom. The van der Waals surface area contributed by atoms with Crippen molar-refractivity contribution < 1.29 is 4.79 Å². The fourth-order valence-electron chi connectivity index (χ4n) is 2.10. The van der Waals surface area contributed by atoms with E-state index < -0.39 is 0 Å². The first kappa shape index (κ1) is 17.3. The Bertz CT molecular complexity index is 472. The van der Waals surface area contributed by atoms with E-state index in [9.17, 15) is 4.79 Å². The first-order valence-corrected chi connectivity index (χ1v) is 7.61. The van der Waals surface area contributed by atoms with Crippen molar-refractivity contribution >= 4 is 12.1 Å². The third-order valence-corrected chi connectivity index (χ3v) is 2.92. The van der Waals surface area contributed by atoms with Crippen LogP contribution in [0.15, 0.2) is 35.9 Å². The summed E-state index contributed by atoms with van der Waals surface area (Å²) in [5, 5.41) is 3.03. The number of nitrogens with one attached hydrogen (secondary N) is 1. The summed E-state index contributed by atoms with van der Waals surface area (Å²) in [6.45, 7) is 11.6. The van der Waals surface area contributed by atoms with Gasteiger partial charge in [0.1, 0.15) is 0 Å². The van der Waals surface area contributed by atoms with Gasteiger partial charge in [-0.25, -0.2) is 4.79 Å². The summed E-state index contributed by atoms with van der Waals surface area (Å²) in [7, 11) is 0. The highest BCUT2D eigenvalue weighted by atomic mass is 16.2. The molecule has 0 unspecified atom stereocenters. The minimum absolute atomic E-state index is 0.00478. The number of carbonyl (C=O) groups is 1. The van der Waals surface area contributed by atoms with Gasteiger partial charge < -0.3 is 10.2 Å². The molecule has 1 rings (SSSR count). The van der Waals surface area contributed by atoms with Crippen LogP contribution < -0.4 is 5.32 Å². The summed E-state index contributed by atoms with van der Waals surface area (Å²) in [6, 6.07) is 10.2. The lowest BCUT2D eigenvalue weighted by Crippen LogP contribution is -2.49. The van der Waals surface area contributed by atoms with Crippen LogP contribution >= 0.6 is 0 Å². The van der Waals surface area contributed by atoms with E-state index in [2.05, 4.69) is 37.4 Å². The molecule has 0 saturated heterocycles. The average Bonchev–Trinajstić information content (AvgIpc) is 2.37. The summed E-state index contributed by atoms with van der Waals surface area (Å²) in [5.41, 5.74) is 2.14. The fraction of sp³-hybridized carbons (Fsp3) is 0.500. The molecule has 1 aromatic carbocycles. The highest BCUT2D eigenvalue weighted by molar-refractivity contribution is 5.75. The van der Waals surface area contributed by atoms with Gasteiger partial charge in [-0.05, 0) is 39.7 Å². The number of hydrogen-bond acceptors (Lipinski definition) is 1. The van der Waals surface area contributed by atoms with E-state index in [1.807, 2.05) is 43.9 Å². The Labute approximate surface area is 129 Å². The van der Waals surface area contributed by atoms with Crippen molar-refractivity contribution in [1.29, 1.82) is 0 Å². The second-order valence-corrected chi connectivity index (χ2v) is 6.50. The van der Waals surface area contributed by atoms with Gasteiger partial charge in [-0.15, -0.1) is 0 Å². The second kappa shape index (κ2) is 7.87. The molecular formula is C18H28N2O. The molecule has 3 heteroatoms. The number of urea groups is 1. The topological polar surface area (TPSA) is 32.3 Å². The van der Waals surface area contributed by atoms with Crippen molar-refractivity contribution in [3.63, 3.8) is 0 Å². The molecule has 0 bridgehead atoms. The maximum atomic E-state index is 12.3. The van der Waals surface area contributed by atoms with Gasteiger partial charge in [0.25, 0.3) is 0 Å². The minimum Gasteiger partial charge on any atom is -0.333 e. The predicted molar refractivity (Wildman–Crippen MR) is 90.2 cm³/mol. The van der Waals surface area contributed by atoms with Gasteiger partial charge in [-0.3, -0.25) is 0 Å². The molecule has 0 atom stereocenters. The van der Waals surface area contributed by atoms with Gasteiger partial charge in [0.05, 0.1) is 0 Å². The molecule has 0 aliphatic carbocycles. The zero-order valence-corrected chi connectivity index (χ0v) is 13.9. The smallest absolute Gasteiger partial charge is 0.318 e. The summed E-state index contributed by atoms with van der Waals surface area (Å²) in [4.78, 5) is 14.2. The molecule has 0 aromatic heterocycles. The SMILES string of the molecule is CCCN(C/C(C)=C/c1ccccc1)C(=O)NC(C)(C)C. The predicted octanol–water partition coefficient (Wildman–Crippen LogP) is 4.31. The Balaban J connectivity index is 2.73. The lowest BCUT2D eigenvalue weighted by atomic mass is 10.1. The average molecular weight is 288 g/mol. The minimum atomic E-state index is -0.208. The molecule has 21 heavy (non-hydrogen) atoms. The lowest BCUT2D eigenvalue weighted by Gasteiger charge is -2.28. The molecule has 0 saturated carbocycles. The molecule has 3 nitrogen and oxygen atoms in total. The summed E-state index contributed by atoms with van der Waals surface area (Å²) in [5.74, 6) is 0. The highest BCUT2D eigenvalue weighted by Gasteiger charge is 2.19. The molecule has 2 amide bonds. The van der Waals surface area contributed by atoms with Gasteiger partial charge in [-0.2, -0.15) is 0 Å². The third kappa shape index (κ3) is 6.98. The van der Waals surface area contributed by atoms with Gasteiger partial charge in [0.15, 0.2) is 0 Å². The fourth-order valence-corrected chi connectivity index (χ4v) is 2.10. The highest BCUT2D eigenvalue weighted by Crippen LogP contribution is 2.09. The van der Waals surface area contributed by atoms with Gasteiger partial charge in [0.2, 0.25) is 0 Å². The first-order chi connectivity index (χ1) is 9.81. The van der Waals surface area contributed by atoms with Crippen LogP contribution in [0.3, 0.4) is 0 Å². The molecular weight excluding hydrogens is 260 g/mol. The van der Waals surface area contributed by atoms with Gasteiger partial charge in [0, 0.05) is 18.6 Å². The van der Waals surface area contributed by atoms with E-state index in [0.29, 0.717) is 6.54 Å². The summed E-state index contributed by atoms with van der Waals surface area (Å²) >= 11 is 0. The second-order valence-electron chi connectivity index (χ2n) is 6.50. The molecule has 116 valence electrons. The molecule has 0 spiro atoms. The maximum absolute atomic E-state index is 12.3. The molecule has 0 radical (unpaired) electrons. The van der Waals surface area contributed by atoms with Crippen molar-refractivity contribution in [2.75, 3.05) is 13.1 Å². The van der Waals surface area contributed by atoms with Crippen molar-refractivity contribution in [3.05, 3.63) is 41.5 Å². The maximum Gasteiger partial charge on any atom is 0.318 e. The van der Waals surface area contributed by atoms with Crippen LogP contribution in [0, 0.1) is 0 Å². The Kier molecular flexibility index (Phi) is 6.47. The molecule has 1 N–H and O–H groups in total. The molecule has 0 aliphatic heterocycles. The summed E-state index contributed by atoms with van der Waals surface area (Å²) < 4.78 is 0. The Morgan fingerprint density at radius 1 is 1.24 bits per heavy atom. The normalized spacial score (nSPS) is 12.1. The third-order valence-electron chi connectivity index (χ3n) is 2.92. The number of rotatable bonds is 5. The van der Waals surface area contributed by atoms with Crippen LogP contribution in [0.4, 0.5) is 4.79 Å². The van der Waals surface area contributed by atoms with Crippen LogP contribution in [0.1, 0.15) is 46.6 Å². The van der Waals surface area contributed by atoms with E-state index in [1.54, 1.807) is 0 Å². The van der Waals surface area contributed by atoms with Crippen molar-refractivity contribution in [3.8, 4) is 0 Å². The molecule has 0 heterocycles. The Hall–Kier alpha value is -1.77. The molecule has 1 aromatic rings. The zero-order valence-electron chi connectivity index (χ0n) is 13.9. The van der Waals surface area contributed by atoms with Crippen LogP contribution in [0.25, 0.3) is 6.08 Å². The van der Waals surface area contributed by atoms with E-state index >= 15 is 0 Å². The van der Waals surface area contributed by atoms with E-state index in [0.717, 1.165) is 13.0 Å². The van der Waals surface area contributed by atoms with Crippen LogP contribution in [0.2, 0.25) is 0 Å². The van der Waals surface area contributed by atoms with Crippen molar-refractivity contribution in [2.45, 2.75) is 46.6 Å². The van der Waals surface area contributed by atoms with Gasteiger partial charge >= 0.3 is 6.03 Å². The quantitative estimate of drug-likeness (QED) is 0.860. The van der Waals surface area contributed by atoms with Gasteiger partial charge in [-0.1, -0.05) is 48.9 Å². The number of benzene rings is 1. The van der Waals surface area contributed by atoms with Crippen molar-refractivity contribution in [2.24, 2.45) is 0 Å². The number of amides is 2. The summed E-state index contributed by atoms with van der Waals surface area (Å²) in [6.07, 6.45) is 3.09. The van der Waals surface area contributed by atoms with Crippen LogP contribution in [-0.2, 0) is 0 Å². The van der Waals surface area contributed by atoms with E-state index in [-0.39, 0.29) is 11.6 Å². The largest absolute Gasteiger partial charge is 0.333 e. The number of carbonyl (C=O) groups excluding carboxylic acids is 1. The lowest BCUT2D eigenvalue weighted by molar-refractivity contribution is 0.193. The van der Waals surface area contributed by atoms with E-state index in [1.165, 1.54) is 11.1 Å². The van der Waals surface area contributed by atoms with Crippen LogP contribution in [0.5, 0.6) is 0 Å². The number of nitrogens with zero attached hydrogens (tertiary/aromatic N) is 1. The Morgan fingerprint density at radius 3 is 2.38 bits per heavy atom. The molecule has 0 fully saturated rings. The molecule has 0 aliphatic rings. The van der Waals surface area contributed by atoms with E-state index in [4.69, 9.17) is 0 Å². The monoisotopic (exact) mass is 288 g/mol.